The van der Waals surface area contributed by atoms with Gasteiger partial charge >= 0.3 is 23.9 Å². The van der Waals surface area contributed by atoms with E-state index in [9.17, 15) is 19.2 Å². The molecule has 7 rings (SSSR count). The SMILES string of the molecule is CC(C)C1(C)CC2OC23C2(C)CCC4=C(COC4=O)C2CC2OC23C1OC(=O)CCCC(=O)OCCOCCOCCOCCOCCOCCOC(=O)CCCCC1CCSS1. The zero-order chi connectivity index (χ0) is 44.5. The summed E-state index contributed by atoms with van der Waals surface area (Å²) < 4.78 is 63.5. The molecule has 0 aromatic heterocycles. The van der Waals surface area contributed by atoms with Crippen molar-refractivity contribution in [1.82, 2.24) is 0 Å². The molecule has 15 nitrogen and oxygen atoms in total. The molecule has 0 aromatic carbocycles. The fraction of sp³-hybridized carbons (Fsp3) is 0.870. The summed E-state index contributed by atoms with van der Waals surface area (Å²) in [6.45, 7) is 13.4. The highest BCUT2D eigenvalue weighted by Gasteiger charge is 2.95. The molecular weight excluding hydrogens is 857 g/mol. The molecule has 0 radical (unpaired) electrons. The van der Waals surface area contributed by atoms with Crippen LogP contribution >= 0.6 is 21.6 Å². The normalized spacial score (nSPS) is 33.5. The number of carbonyl (C=O) groups is 4. The van der Waals surface area contributed by atoms with E-state index in [1.54, 1.807) is 0 Å². The predicted molar refractivity (Wildman–Crippen MR) is 233 cm³/mol. The lowest BCUT2D eigenvalue weighted by molar-refractivity contribution is -0.182. The summed E-state index contributed by atoms with van der Waals surface area (Å²) in [4.78, 5) is 50.3. The molecule has 0 amide bonds. The zero-order valence-electron chi connectivity index (χ0n) is 37.8. The number of epoxide rings is 2. The quantitative estimate of drug-likeness (QED) is 0.0282. The molecule has 17 heteroatoms. The van der Waals surface area contributed by atoms with Gasteiger partial charge in [0.25, 0.3) is 0 Å². The van der Waals surface area contributed by atoms with Crippen LogP contribution in [0.5, 0.6) is 0 Å². The second-order valence-electron chi connectivity index (χ2n) is 18.7. The van der Waals surface area contributed by atoms with Gasteiger partial charge in [-0.3, -0.25) is 14.4 Å². The summed E-state index contributed by atoms with van der Waals surface area (Å²) in [6.07, 6.45) is 7.74. The van der Waals surface area contributed by atoms with Gasteiger partial charge in [0.05, 0.1) is 78.3 Å². The molecule has 3 saturated heterocycles. The Morgan fingerprint density at radius 1 is 0.746 bits per heavy atom. The minimum atomic E-state index is -0.726. The third-order valence-electron chi connectivity index (χ3n) is 14.7. The summed E-state index contributed by atoms with van der Waals surface area (Å²) in [5.41, 5.74) is 0.0146. The Morgan fingerprint density at radius 2 is 1.33 bits per heavy atom. The Labute approximate surface area is 380 Å². The molecule has 356 valence electrons. The lowest BCUT2D eigenvalue weighted by Gasteiger charge is -2.57. The zero-order valence-corrected chi connectivity index (χ0v) is 39.4. The number of hydrogen-bond acceptors (Lipinski definition) is 17. The minimum absolute atomic E-state index is 0.000308. The van der Waals surface area contributed by atoms with Crippen LogP contribution in [0.4, 0.5) is 0 Å². The molecular formula is C46H70O15S2. The van der Waals surface area contributed by atoms with Crippen molar-refractivity contribution in [3.8, 4) is 0 Å². The average molecular weight is 927 g/mol. The second-order valence-corrected chi connectivity index (χ2v) is 21.5. The Kier molecular flexibility index (Phi) is 17.3. The van der Waals surface area contributed by atoms with Crippen LogP contribution in [0, 0.1) is 22.7 Å². The monoisotopic (exact) mass is 926 g/mol. The van der Waals surface area contributed by atoms with Crippen LogP contribution in [-0.4, -0.2) is 150 Å². The maximum atomic E-state index is 13.5. The molecule has 4 heterocycles. The van der Waals surface area contributed by atoms with E-state index in [0.29, 0.717) is 85.3 Å². The lowest BCUT2D eigenvalue weighted by atomic mass is 9.44. The van der Waals surface area contributed by atoms with Gasteiger partial charge in [0.1, 0.15) is 31.5 Å². The van der Waals surface area contributed by atoms with Gasteiger partial charge < -0.3 is 52.1 Å². The van der Waals surface area contributed by atoms with E-state index in [2.05, 4.69) is 27.7 Å². The van der Waals surface area contributed by atoms with Gasteiger partial charge in [-0.25, -0.2) is 4.79 Å². The van der Waals surface area contributed by atoms with Gasteiger partial charge in [0, 0.05) is 46.7 Å². The predicted octanol–water partition coefficient (Wildman–Crippen LogP) is 5.97. The van der Waals surface area contributed by atoms with Crippen molar-refractivity contribution < 1.29 is 71.3 Å². The number of esters is 4. The minimum Gasteiger partial charge on any atom is -0.463 e. The number of hydrogen-bond donors (Lipinski definition) is 0. The standard InChI is InChI=1S/C46H70O15S2/c1-31(2)43(3)29-37-46(61-37)44(4)14-12-33-34(30-58-41(33)50)35(44)28-36-45(46,60-36)42(43)59-40(49)11-7-10-39(48)57-26-24-55-22-20-53-18-16-51-15-17-52-19-21-54-23-25-56-38(47)9-6-5-8-32-13-27-62-63-32/h31-32,35-37,42H,5-30H2,1-4H3. The summed E-state index contributed by atoms with van der Waals surface area (Å²) in [7, 11) is 3.93. The highest BCUT2D eigenvalue weighted by atomic mass is 33.1. The van der Waals surface area contributed by atoms with Crippen LogP contribution in [0.1, 0.15) is 105 Å². The topological polar surface area (TPSA) is 176 Å². The van der Waals surface area contributed by atoms with Crippen LogP contribution < -0.4 is 0 Å². The molecule has 0 aromatic rings. The van der Waals surface area contributed by atoms with Gasteiger partial charge in [-0.05, 0) is 68.8 Å². The van der Waals surface area contributed by atoms with E-state index in [0.717, 1.165) is 48.5 Å². The van der Waals surface area contributed by atoms with Crippen molar-refractivity contribution in [2.45, 2.75) is 140 Å². The van der Waals surface area contributed by atoms with Crippen LogP contribution in [-0.2, 0) is 71.3 Å². The molecule has 9 atom stereocenters. The Morgan fingerprint density at radius 3 is 1.92 bits per heavy atom. The van der Waals surface area contributed by atoms with Crippen molar-refractivity contribution in [3.05, 3.63) is 11.1 Å². The van der Waals surface area contributed by atoms with Crippen molar-refractivity contribution in [1.29, 1.82) is 0 Å². The van der Waals surface area contributed by atoms with Crippen LogP contribution in [0.3, 0.4) is 0 Å². The molecule has 3 aliphatic carbocycles. The Balaban J connectivity index is 0.669. The smallest absolute Gasteiger partial charge is 0.334 e. The average Bonchev–Trinajstić information content (AvgIpc) is 4.04. The third-order valence-corrected chi connectivity index (χ3v) is 17.7. The number of fused-ring (bicyclic) bond motifs is 2. The van der Waals surface area contributed by atoms with Gasteiger partial charge in [0.2, 0.25) is 0 Å². The number of unbranched alkanes of at least 4 members (excludes halogenated alkanes) is 1. The van der Waals surface area contributed by atoms with Crippen molar-refractivity contribution in [2.24, 2.45) is 22.7 Å². The maximum Gasteiger partial charge on any atom is 0.334 e. The number of carbonyl (C=O) groups excluding carboxylic acids is 4. The number of rotatable bonds is 29. The highest BCUT2D eigenvalue weighted by molar-refractivity contribution is 8.77. The highest BCUT2D eigenvalue weighted by Crippen LogP contribution is 2.81. The fourth-order valence-corrected chi connectivity index (χ4v) is 14.0. The molecule has 5 fully saturated rings. The van der Waals surface area contributed by atoms with E-state index >= 15 is 0 Å². The molecule has 2 spiro atoms. The number of ether oxygens (including phenoxy) is 11. The second kappa shape index (κ2) is 22.2. The molecule has 4 aliphatic heterocycles. The molecule has 7 aliphatic rings. The molecule has 9 unspecified atom stereocenters. The van der Waals surface area contributed by atoms with Gasteiger partial charge in [0.15, 0.2) is 5.60 Å². The summed E-state index contributed by atoms with van der Waals surface area (Å²) in [5, 5.41) is 0.749. The largest absolute Gasteiger partial charge is 0.463 e. The molecule has 2 saturated carbocycles. The lowest BCUT2D eigenvalue weighted by Crippen LogP contribution is -2.69. The van der Waals surface area contributed by atoms with E-state index in [1.807, 2.05) is 21.6 Å². The van der Waals surface area contributed by atoms with E-state index < -0.39 is 23.3 Å². The number of cyclic esters (lactones) is 1. The van der Waals surface area contributed by atoms with Gasteiger partial charge in [-0.2, -0.15) is 0 Å². The van der Waals surface area contributed by atoms with Gasteiger partial charge in [-0.1, -0.05) is 55.7 Å². The first-order valence-corrected chi connectivity index (χ1v) is 25.8. The summed E-state index contributed by atoms with van der Waals surface area (Å²) in [6, 6.07) is 0. The molecule has 0 bridgehead atoms. The third kappa shape index (κ3) is 10.9. The first kappa shape index (κ1) is 49.0. The van der Waals surface area contributed by atoms with E-state index in [1.165, 1.54) is 18.6 Å². The fourth-order valence-electron chi connectivity index (χ4n) is 11.0. The Bertz CT molecular complexity index is 1620. The van der Waals surface area contributed by atoms with Gasteiger partial charge in [-0.15, -0.1) is 0 Å². The maximum absolute atomic E-state index is 13.5. The van der Waals surface area contributed by atoms with Crippen LogP contribution in [0.15, 0.2) is 11.1 Å². The molecule has 0 N–H and O–H groups in total. The first-order chi connectivity index (χ1) is 30.5. The summed E-state index contributed by atoms with van der Waals surface area (Å²) in [5.74, 6) is 0.491. The van der Waals surface area contributed by atoms with Crippen molar-refractivity contribution in [3.63, 3.8) is 0 Å². The van der Waals surface area contributed by atoms with Crippen molar-refractivity contribution >= 4 is 45.5 Å². The van der Waals surface area contributed by atoms with E-state index in [4.69, 9.17) is 52.1 Å². The summed E-state index contributed by atoms with van der Waals surface area (Å²) >= 11 is 0. The van der Waals surface area contributed by atoms with Crippen LogP contribution in [0.25, 0.3) is 0 Å². The molecule has 63 heavy (non-hydrogen) atoms. The first-order valence-electron chi connectivity index (χ1n) is 23.4. The van der Waals surface area contributed by atoms with Crippen molar-refractivity contribution in [2.75, 3.05) is 91.6 Å². The van der Waals surface area contributed by atoms with E-state index in [-0.39, 0.29) is 85.4 Å². The van der Waals surface area contributed by atoms with Crippen LogP contribution in [0.2, 0.25) is 0 Å². The Hall–Kier alpha value is -1.96.